The fourth-order valence-corrected chi connectivity index (χ4v) is 0.920. The summed E-state index contributed by atoms with van der Waals surface area (Å²) in [7, 11) is 2.62. The molecule has 14 heavy (non-hydrogen) atoms. The van der Waals surface area contributed by atoms with Gasteiger partial charge in [-0.25, -0.2) is 4.98 Å². The van der Waals surface area contributed by atoms with E-state index in [4.69, 9.17) is 9.47 Å². The Hall–Kier alpha value is -1.08. The molecule has 0 aliphatic carbocycles. The van der Waals surface area contributed by atoms with E-state index in [-0.39, 0.29) is 5.82 Å². The molecule has 1 aromatic rings. The van der Waals surface area contributed by atoms with Gasteiger partial charge >= 0.3 is 6.18 Å². The number of nitrogens with zero attached hydrogens (tertiary/aromatic N) is 1. The highest BCUT2D eigenvalue weighted by molar-refractivity contribution is 5.05. The van der Waals surface area contributed by atoms with E-state index >= 15 is 0 Å². The normalized spacial score (nSPS) is 12.4. The summed E-state index contributed by atoms with van der Waals surface area (Å²) in [5.41, 5.74) is -0.924. The molecular formula is C7H9F3N2O2. The first kappa shape index (κ1) is 11.0. The standard InChI is InChI=1S/C7H9F3N2O2/c1-13-6(14-2)5-11-3-4(12-5)7(8,9)10/h3,6H,1-2H3,(H,11,12). The van der Waals surface area contributed by atoms with E-state index in [1.807, 2.05) is 0 Å². The monoisotopic (exact) mass is 210 g/mol. The summed E-state index contributed by atoms with van der Waals surface area (Å²) < 4.78 is 45.8. The summed E-state index contributed by atoms with van der Waals surface area (Å²) >= 11 is 0. The summed E-state index contributed by atoms with van der Waals surface area (Å²) in [6, 6.07) is 0. The Labute approximate surface area is 78.0 Å². The average molecular weight is 210 g/mol. The second kappa shape index (κ2) is 3.97. The fourth-order valence-electron chi connectivity index (χ4n) is 0.920. The minimum Gasteiger partial charge on any atom is -0.349 e. The molecule has 4 nitrogen and oxygen atoms in total. The summed E-state index contributed by atoms with van der Waals surface area (Å²) in [5, 5.41) is 0. The van der Waals surface area contributed by atoms with Crippen LogP contribution in [-0.4, -0.2) is 24.2 Å². The Kier molecular flexibility index (Phi) is 3.12. The topological polar surface area (TPSA) is 47.1 Å². The third kappa shape index (κ3) is 2.24. The highest BCUT2D eigenvalue weighted by Crippen LogP contribution is 2.28. The predicted molar refractivity (Wildman–Crippen MR) is 40.3 cm³/mol. The first-order valence-corrected chi connectivity index (χ1v) is 3.66. The summed E-state index contributed by atoms with van der Waals surface area (Å²) in [4.78, 5) is 5.57. The first-order chi connectivity index (χ1) is 6.49. The van der Waals surface area contributed by atoms with Crippen molar-refractivity contribution in [3.8, 4) is 0 Å². The van der Waals surface area contributed by atoms with Gasteiger partial charge in [0.1, 0.15) is 5.69 Å². The lowest BCUT2D eigenvalue weighted by Crippen LogP contribution is -2.08. The number of halogens is 3. The molecule has 0 aromatic carbocycles. The smallest absolute Gasteiger partial charge is 0.349 e. The van der Waals surface area contributed by atoms with Crippen molar-refractivity contribution in [1.82, 2.24) is 9.97 Å². The van der Waals surface area contributed by atoms with E-state index in [2.05, 4.69) is 9.97 Å². The van der Waals surface area contributed by atoms with E-state index in [0.717, 1.165) is 0 Å². The molecule has 80 valence electrons. The van der Waals surface area contributed by atoms with Crippen molar-refractivity contribution in [1.29, 1.82) is 0 Å². The summed E-state index contributed by atoms with van der Waals surface area (Å²) in [6.45, 7) is 0. The molecule has 0 saturated heterocycles. The second-order valence-corrected chi connectivity index (χ2v) is 2.48. The Morgan fingerprint density at radius 3 is 2.29 bits per heavy atom. The van der Waals surface area contributed by atoms with Gasteiger partial charge in [0.15, 0.2) is 5.82 Å². The number of aromatic amines is 1. The van der Waals surface area contributed by atoms with Crippen molar-refractivity contribution in [2.75, 3.05) is 14.2 Å². The van der Waals surface area contributed by atoms with Crippen molar-refractivity contribution in [3.05, 3.63) is 17.7 Å². The van der Waals surface area contributed by atoms with Crippen LogP contribution in [0.1, 0.15) is 17.8 Å². The zero-order valence-electron chi connectivity index (χ0n) is 7.55. The highest BCUT2D eigenvalue weighted by atomic mass is 19.4. The number of ether oxygens (including phenoxy) is 2. The molecule has 0 atom stereocenters. The Balaban J connectivity index is 2.87. The Bertz CT molecular complexity index is 293. The third-order valence-electron chi connectivity index (χ3n) is 1.55. The van der Waals surface area contributed by atoms with Crippen LogP contribution in [0.5, 0.6) is 0 Å². The number of methoxy groups -OCH3 is 2. The molecule has 1 heterocycles. The van der Waals surface area contributed by atoms with Gasteiger partial charge in [0.25, 0.3) is 0 Å². The van der Waals surface area contributed by atoms with Crippen LogP contribution in [0, 0.1) is 0 Å². The van der Waals surface area contributed by atoms with E-state index in [1.165, 1.54) is 14.2 Å². The van der Waals surface area contributed by atoms with E-state index < -0.39 is 18.2 Å². The fraction of sp³-hybridized carbons (Fsp3) is 0.571. The molecule has 1 aromatic heterocycles. The number of hydrogen-bond acceptors (Lipinski definition) is 3. The van der Waals surface area contributed by atoms with Crippen molar-refractivity contribution in [2.24, 2.45) is 0 Å². The lowest BCUT2D eigenvalue weighted by Gasteiger charge is -2.09. The molecule has 0 radical (unpaired) electrons. The van der Waals surface area contributed by atoms with Gasteiger partial charge in [-0.1, -0.05) is 0 Å². The zero-order valence-corrected chi connectivity index (χ0v) is 7.55. The molecule has 0 aliphatic heterocycles. The minimum absolute atomic E-state index is 0.0117. The van der Waals surface area contributed by atoms with Crippen LogP contribution in [0.2, 0.25) is 0 Å². The number of aromatic nitrogens is 2. The quantitative estimate of drug-likeness (QED) is 0.772. The largest absolute Gasteiger partial charge is 0.432 e. The number of alkyl halides is 3. The van der Waals surface area contributed by atoms with E-state index in [0.29, 0.717) is 6.20 Å². The molecule has 7 heteroatoms. The number of rotatable bonds is 3. The van der Waals surface area contributed by atoms with E-state index in [1.54, 1.807) is 0 Å². The van der Waals surface area contributed by atoms with Crippen LogP contribution in [0.15, 0.2) is 6.20 Å². The lowest BCUT2D eigenvalue weighted by molar-refractivity contribution is -0.142. The Morgan fingerprint density at radius 1 is 1.36 bits per heavy atom. The molecule has 0 saturated carbocycles. The van der Waals surface area contributed by atoms with Gasteiger partial charge < -0.3 is 14.5 Å². The third-order valence-corrected chi connectivity index (χ3v) is 1.55. The maximum absolute atomic E-state index is 12.1. The van der Waals surface area contributed by atoms with Crippen LogP contribution < -0.4 is 0 Å². The van der Waals surface area contributed by atoms with Crippen molar-refractivity contribution in [2.45, 2.75) is 12.5 Å². The average Bonchev–Trinajstić information content (AvgIpc) is 2.54. The van der Waals surface area contributed by atoms with E-state index in [9.17, 15) is 13.2 Å². The van der Waals surface area contributed by atoms with Gasteiger partial charge in [0.2, 0.25) is 6.29 Å². The molecule has 0 spiro atoms. The van der Waals surface area contributed by atoms with Crippen LogP contribution in [-0.2, 0) is 15.7 Å². The van der Waals surface area contributed by atoms with Gasteiger partial charge in [-0.05, 0) is 0 Å². The second-order valence-electron chi connectivity index (χ2n) is 2.48. The van der Waals surface area contributed by atoms with Crippen LogP contribution >= 0.6 is 0 Å². The maximum atomic E-state index is 12.1. The molecule has 1 N–H and O–H groups in total. The van der Waals surface area contributed by atoms with Gasteiger partial charge in [-0.3, -0.25) is 0 Å². The van der Waals surface area contributed by atoms with Crippen LogP contribution in [0.4, 0.5) is 13.2 Å². The van der Waals surface area contributed by atoms with Crippen LogP contribution in [0.3, 0.4) is 0 Å². The summed E-state index contributed by atoms with van der Waals surface area (Å²) in [5.74, 6) is -0.0117. The van der Waals surface area contributed by atoms with Crippen molar-refractivity contribution >= 4 is 0 Å². The predicted octanol–water partition coefficient (Wildman–Crippen LogP) is 1.72. The number of imidazole rings is 1. The first-order valence-electron chi connectivity index (χ1n) is 3.66. The Morgan fingerprint density at radius 2 is 1.93 bits per heavy atom. The maximum Gasteiger partial charge on any atom is 0.432 e. The molecule has 0 bridgehead atoms. The number of hydrogen-bond donors (Lipinski definition) is 1. The zero-order chi connectivity index (χ0) is 10.8. The van der Waals surface area contributed by atoms with Gasteiger partial charge in [-0.15, -0.1) is 0 Å². The molecule has 0 fully saturated rings. The van der Waals surface area contributed by atoms with Crippen LogP contribution in [0.25, 0.3) is 0 Å². The molecule has 1 rings (SSSR count). The molecule has 0 aliphatic rings. The highest BCUT2D eigenvalue weighted by Gasteiger charge is 2.33. The minimum atomic E-state index is -4.43. The van der Waals surface area contributed by atoms with Crippen molar-refractivity contribution in [3.63, 3.8) is 0 Å². The van der Waals surface area contributed by atoms with Gasteiger partial charge in [0.05, 0.1) is 6.20 Å². The van der Waals surface area contributed by atoms with Gasteiger partial charge in [0, 0.05) is 14.2 Å². The van der Waals surface area contributed by atoms with Crippen molar-refractivity contribution < 1.29 is 22.6 Å². The number of nitrogens with one attached hydrogen (secondary N) is 1. The lowest BCUT2D eigenvalue weighted by atomic mass is 10.5. The van der Waals surface area contributed by atoms with Gasteiger partial charge in [-0.2, -0.15) is 13.2 Å². The SMILES string of the molecule is COC(OC)c1ncc(C(F)(F)F)[nH]1. The summed E-state index contributed by atoms with van der Waals surface area (Å²) in [6.07, 6.45) is -4.65. The number of H-pyrrole nitrogens is 1. The molecular weight excluding hydrogens is 201 g/mol. The molecule has 0 amide bonds. The molecule has 0 unspecified atom stereocenters.